The molecule has 1 aromatic carbocycles. The van der Waals surface area contributed by atoms with Crippen LogP contribution < -0.4 is 5.73 Å². The summed E-state index contributed by atoms with van der Waals surface area (Å²) in [5, 5.41) is 10.0. The van der Waals surface area contributed by atoms with Gasteiger partial charge in [0, 0.05) is 11.4 Å². The molecule has 0 aliphatic carbocycles. The number of aryl methyl sites for hydroxylation is 1. The molecule has 0 aliphatic heterocycles. The minimum atomic E-state index is 0.219. The second kappa shape index (κ2) is 6.36. The number of nitrogens with zero attached hydrogens (tertiary/aromatic N) is 3. The number of hydrogen-bond acceptors (Lipinski definition) is 4. The lowest BCUT2D eigenvalue weighted by molar-refractivity contribution is 0.858. The quantitative estimate of drug-likeness (QED) is 0.937. The van der Waals surface area contributed by atoms with Gasteiger partial charge < -0.3 is 5.73 Å². The number of benzene rings is 1. The molecule has 102 valence electrons. The van der Waals surface area contributed by atoms with E-state index in [2.05, 4.69) is 16.0 Å². The molecule has 0 saturated heterocycles. The van der Waals surface area contributed by atoms with Crippen LogP contribution >= 0.6 is 11.6 Å². The van der Waals surface area contributed by atoms with Gasteiger partial charge in [-0.3, -0.25) is 0 Å². The smallest absolute Gasteiger partial charge is 0.220 e. The SMILES string of the molecule is CCCc1nc(N)nc(Cc2ccc(Cl)cc2)c1C#N. The van der Waals surface area contributed by atoms with Crippen molar-refractivity contribution in [2.45, 2.75) is 26.2 Å². The van der Waals surface area contributed by atoms with Crippen molar-refractivity contribution in [3.63, 3.8) is 0 Å². The van der Waals surface area contributed by atoms with Crippen LogP contribution in [0, 0.1) is 11.3 Å². The zero-order valence-corrected chi connectivity index (χ0v) is 12.0. The fraction of sp³-hybridized carbons (Fsp3) is 0.267. The molecule has 4 nitrogen and oxygen atoms in total. The third-order valence-electron chi connectivity index (χ3n) is 2.96. The molecule has 5 heteroatoms. The molecule has 0 unspecified atom stereocenters. The Hall–Kier alpha value is -2.12. The molecular weight excluding hydrogens is 272 g/mol. The minimum Gasteiger partial charge on any atom is -0.368 e. The second-order valence-electron chi connectivity index (χ2n) is 4.52. The summed E-state index contributed by atoms with van der Waals surface area (Å²) < 4.78 is 0. The van der Waals surface area contributed by atoms with Gasteiger partial charge in [-0.2, -0.15) is 5.26 Å². The Morgan fingerprint density at radius 1 is 1.20 bits per heavy atom. The van der Waals surface area contributed by atoms with E-state index in [1.54, 1.807) is 0 Å². The Morgan fingerprint density at radius 3 is 2.45 bits per heavy atom. The van der Waals surface area contributed by atoms with Crippen molar-refractivity contribution in [1.29, 1.82) is 5.26 Å². The molecule has 20 heavy (non-hydrogen) atoms. The molecule has 0 fully saturated rings. The summed E-state index contributed by atoms with van der Waals surface area (Å²) in [5.41, 5.74) is 8.71. The van der Waals surface area contributed by atoms with Crippen molar-refractivity contribution in [2.75, 3.05) is 5.73 Å². The van der Waals surface area contributed by atoms with E-state index < -0.39 is 0 Å². The van der Waals surface area contributed by atoms with Crippen LogP contribution in [0.1, 0.15) is 35.9 Å². The van der Waals surface area contributed by atoms with Crippen LogP contribution in [0.2, 0.25) is 5.02 Å². The molecule has 0 amide bonds. The van der Waals surface area contributed by atoms with Crippen LogP contribution in [0.15, 0.2) is 24.3 Å². The third-order valence-corrected chi connectivity index (χ3v) is 3.21. The monoisotopic (exact) mass is 286 g/mol. The number of aromatic nitrogens is 2. The van der Waals surface area contributed by atoms with Gasteiger partial charge in [0.05, 0.1) is 17.0 Å². The van der Waals surface area contributed by atoms with E-state index in [-0.39, 0.29) is 5.95 Å². The van der Waals surface area contributed by atoms with Crippen LogP contribution in [-0.2, 0) is 12.8 Å². The summed E-state index contributed by atoms with van der Waals surface area (Å²) in [6.45, 7) is 2.04. The molecule has 0 atom stereocenters. The topological polar surface area (TPSA) is 75.6 Å². The van der Waals surface area contributed by atoms with Crippen LogP contribution in [0.3, 0.4) is 0 Å². The van der Waals surface area contributed by atoms with E-state index in [4.69, 9.17) is 17.3 Å². The van der Waals surface area contributed by atoms with Crippen LogP contribution in [-0.4, -0.2) is 9.97 Å². The van der Waals surface area contributed by atoms with Gasteiger partial charge in [-0.1, -0.05) is 37.1 Å². The summed E-state index contributed by atoms with van der Waals surface area (Å²) in [6, 6.07) is 9.68. The number of nitrogens with two attached hydrogens (primary N) is 1. The zero-order chi connectivity index (χ0) is 14.5. The van der Waals surface area contributed by atoms with Crippen LogP contribution in [0.5, 0.6) is 0 Å². The van der Waals surface area contributed by atoms with Crippen molar-refractivity contribution >= 4 is 17.5 Å². The first-order valence-electron chi connectivity index (χ1n) is 6.43. The molecule has 0 radical (unpaired) electrons. The zero-order valence-electron chi connectivity index (χ0n) is 11.2. The summed E-state index contributed by atoms with van der Waals surface area (Å²) in [5.74, 6) is 0.219. The summed E-state index contributed by atoms with van der Waals surface area (Å²) in [6.07, 6.45) is 2.18. The number of nitrogen functional groups attached to an aromatic ring is 1. The standard InChI is InChI=1S/C15H15ClN4/c1-2-3-13-12(9-17)14(20-15(18)19-13)8-10-4-6-11(16)7-5-10/h4-7H,2-3,8H2,1H3,(H2,18,19,20). The van der Waals surface area contributed by atoms with Gasteiger partial charge in [-0.05, 0) is 24.1 Å². The van der Waals surface area contributed by atoms with E-state index >= 15 is 0 Å². The molecule has 2 N–H and O–H groups in total. The lowest BCUT2D eigenvalue weighted by Gasteiger charge is -2.09. The van der Waals surface area contributed by atoms with Gasteiger partial charge in [0.1, 0.15) is 6.07 Å². The highest BCUT2D eigenvalue weighted by molar-refractivity contribution is 6.30. The number of halogens is 1. The lowest BCUT2D eigenvalue weighted by atomic mass is 10.0. The maximum atomic E-state index is 9.35. The van der Waals surface area contributed by atoms with Gasteiger partial charge >= 0.3 is 0 Å². The molecule has 2 aromatic rings. The highest BCUT2D eigenvalue weighted by Gasteiger charge is 2.13. The summed E-state index contributed by atoms with van der Waals surface area (Å²) in [7, 11) is 0. The molecule has 0 saturated carbocycles. The fourth-order valence-corrected chi connectivity index (χ4v) is 2.18. The predicted molar refractivity (Wildman–Crippen MR) is 79.4 cm³/mol. The van der Waals surface area contributed by atoms with Crippen molar-refractivity contribution in [3.05, 3.63) is 51.8 Å². The minimum absolute atomic E-state index is 0.219. The molecule has 1 heterocycles. The van der Waals surface area contributed by atoms with Crippen molar-refractivity contribution < 1.29 is 0 Å². The normalized spacial score (nSPS) is 10.2. The lowest BCUT2D eigenvalue weighted by Crippen LogP contribution is -2.08. The van der Waals surface area contributed by atoms with Crippen LogP contribution in [0.4, 0.5) is 5.95 Å². The van der Waals surface area contributed by atoms with Gasteiger partial charge in [0.15, 0.2) is 0 Å². The van der Waals surface area contributed by atoms with Crippen molar-refractivity contribution in [2.24, 2.45) is 0 Å². The van der Waals surface area contributed by atoms with E-state index in [1.807, 2.05) is 31.2 Å². The maximum Gasteiger partial charge on any atom is 0.220 e. The highest BCUT2D eigenvalue weighted by atomic mass is 35.5. The Bertz CT molecular complexity index is 644. The molecule has 1 aromatic heterocycles. The predicted octanol–water partition coefficient (Wildman–Crippen LogP) is 3.13. The van der Waals surface area contributed by atoms with Crippen molar-refractivity contribution in [3.8, 4) is 6.07 Å². The number of anilines is 1. The van der Waals surface area contributed by atoms with Gasteiger partial charge in [0.2, 0.25) is 5.95 Å². The molecule has 0 spiro atoms. The molecule has 2 rings (SSSR count). The Labute approximate surface area is 123 Å². The van der Waals surface area contributed by atoms with Gasteiger partial charge in [0.25, 0.3) is 0 Å². The third kappa shape index (κ3) is 3.25. The number of rotatable bonds is 4. The Kier molecular flexibility index (Phi) is 4.54. The van der Waals surface area contributed by atoms with Gasteiger partial charge in [-0.15, -0.1) is 0 Å². The largest absolute Gasteiger partial charge is 0.368 e. The maximum absolute atomic E-state index is 9.35. The average molecular weight is 287 g/mol. The molecule has 0 bridgehead atoms. The van der Waals surface area contributed by atoms with E-state index in [9.17, 15) is 5.26 Å². The van der Waals surface area contributed by atoms with Crippen molar-refractivity contribution in [1.82, 2.24) is 9.97 Å². The summed E-state index contributed by atoms with van der Waals surface area (Å²) >= 11 is 5.87. The van der Waals surface area contributed by atoms with Crippen LogP contribution in [0.25, 0.3) is 0 Å². The van der Waals surface area contributed by atoms with E-state index in [0.717, 1.165) is 24.1 Å². The second-order valence-corrected chi connectivity index (χ2v) is 4.95. The first-order valence-corrected chi connectivity index (χ1v) is 6.81. The average Bonchev–Trinajstić information content (AvgIpc) is 2.41. The van der Waals surface area contributed by atoms with E-state index in [0.29, 0.717) is 22.7 Å². The Balaban J connectivity index is 2.40. The fourth-order valence-electron chi connectivity index (χ4n) is 2.05. The first kappa shape index (κ1) is 14.3. The Morgan fingerprint density at radius 2 is 1.85 bits per heavy atom. The highest BCUT2D eigenvalue weighted by Crippen LogP contribution is 2.18. The van der Waals surface area contributed by atoms with Gasteiger partial charge in [-0.25, -0.2) is 9.97 Å². The first-order chi connectivity index (χ1) is 9.63. The molecular formula is C15H15ClN4. The number of nitriles is 1. The molecule has 0 aliphatic rings. The summed E-state index contributed by atoms with van der Waals surface area (Å²) in [4.78, 5) is 8.39. The number of hydrogen-bond donors (Lipinski definition) is 1. The van der Waals surface area contributed by atoms with E-state index in [1.165, 1.54) is 0 Å².